The summed E-state index contributed by atoms with van der Waals surface area (Å²) in [5.41, 5.74) is 0.342. The van der Waals surface area contributed by atoms with Crippen molar-refractivity contribution in [3.8, 4) is 17.2 Å². The Morgan fingerprint density at radius 3 is 1.84 bits per heavy atom. The minimum atomic E-state index is -3.45. The van der Waals surface area contributed by atoms with Crippen molar-refractivity contribution in [3.63, 3.8) is 0 Å². The quantitative estimate of drug-likeness (QED) is 0.611. The molecule has 0 bridgehead atoms. The van der Waals surface area contributed by atoms with Crippen molar-refractivity contribution in [2.24, 2.45) is 0 Å². The number of hydrogen-bond acceptors (Lipinski definition) is 6. The van der Waals surface area contributed by atoms with Crippen molar-refractivity contribution in [1.82, 2.24) is 0 Å². The van der Waals surface area contributed by atoms with Gasteiger partial charge in [0.05, 0.1) is 32.8 Å². The van der Waals surface area contributed by atoms with Crippen molar-refractivity contribution in [3.05, 3.63) is 12.1 Å². The van der Waals surface area contributed by atoms with Crippen LogP contribution in [0, 0.1) is 0 Å². The number of hydrogen-bond donors (Lipinski definition) is 1. The number of ether oxygens (including phenoxy) is 4. The minimum Gasteiger partial charge on any atom is -0.493 e. The largest absolute Gasteiger partial charge is 0.493 e. The fourth-order valence-electron chi connectivity index (χ4n) is 1.82. The lowest BCUT2D eigenvalue weighted by molar-refractivity contribution is 0.162. The molecule has 0 atom stereocenters. The highest BCUT2D eigenvalue weighted by atomic mass is 35.5. The van der Waals surface area contributed by atoms with Crippen LogP contribution in [0.5, 0.6) is 17.2 Å². The zero-order valence-corrected chi connectivity index (χ0v) is 17.0. The Morgan fingerprint density at radius 2 is 1.52 bits per heavy atom. The van der Waals surface area contributed by atoms with E-state index in [0.29, 0.717) is 29.4 Å². The number of halogens is 1. The number of anilines is 1. The Labute approximate surface area is 155 Å². The van der Waals surface area contributed by atoms with E-state index in [-0.39, 0.29) is 11.6 Å². The van der Waals surface area contributed by atoms with E-state index in [9.17, 15) is 8.42 Å². The van der Waals surface area contributed by atoms with E-state index in [0.717, 1.165) is 13.2 Å². The van der Waals surface area contributed by atoms with Crippen molar-refractivity contribution < 1.29 is 27.4 Å². The van der Waals surface area contributed by atoms with Gasteiger partial charge < -0.3 is 18.9 Å². The third-order valence-electron chi connectivity index (χ3n) is 2.89. The average Bonchev–Trinajstić information content (AvgIpc) is 2.60. The van der Waals surface area contributed by atoms with Gasteiger partial charge in [-0.3, -0.25) is 4.72 Å². The molecule has 0 spiro atoms. The van der Waals surface area contributed by atoms with Crippen LogP contribution in [0.25, 0.3) is 0 Å². The van der Waals surface area contributed by atoms with Gasteiger partial charge in [0, 0.05) is 31.2 Å². The van der Waals surface area contributed by atoms with E-state index < -0.39 is 10.0 Å². The fraction of sp³-hybridized carbons (Fsp3) is 0.625. The summed E-state index contributed by atoms with van der Waals surface area (Å²) in [6.07, 6.45) is 0.376. The van der Waals surface area contributed by atoms with Crippen LogP contribution in [0.2, 0.25) is 0 Å². The Bertz CT molecular complexity index is 567. The van der Waals surface area contributed by atoms with Crippen LogP contribution in [0.15, 0.2) is 12.1 Å². The van der Waals surface area contributed by atoms with E-state index >= 15 is 0 Å². The normalized spacial score (nSPS) is 10.5. The molecule has 7 nitrogen and oxygen atoms in total. The second-order valence-electron chi connectivity index (χ2n) is 4.66. The van der Waals surface area contributed by atoms with Gasteiger partial charge in [-0.15, -0.1) is 11.6 Å². The van der Waals surface area contributed by atoms with Gasteiger partial charge in [0.15, 0.2) is 11.5 Å². The molecule has 0 amide bonds. The monoisotopic (exact) mass is 397 g/mol. The molecule has 0 aliphatic heterocycles. The molecule has 9 heteroatoms. The molecular formula is C16H28ClNO6S. The van der Waals surface area contributed by atoms with Gasteiger partial charge in [-0.1, -0.05) is 0 Å². The lowest BCUT2D eigenvalue weighted by atomic mass is 10.2. The van der Waals surface area contributed by atoms with E-state index in [1.165, 1.54) is 33.5 Å². The molecule has 0 unspecified atom stereocenters. The number of benzene rings is 1. The Hall–Kier alpha value is -1.38. The third-order valence-corrected chi connectivity index (χ3v) is 4.53. The second kappa shape index (κ2) is 12.9. The van der Waals surface area contributed by atoms with Crippen LogP contribution in [-0.2, 0) is 14.8 Å². The number of nitrogens with one attached hydrogen (secondary N) is 1. The number of methoxy groups -OCH3 is 3. The second-order valence-corrected chi connectivity index (χ2v) is 6.88. The third kappa shape index (κ3) is 9.04. The zero-order chi connectivity index (χ0) is 19.3. The lowest BCUT2D eigenvalue weighted by Crippen LogP contribution is -2.17. The molecule has 0 aliphatic rings. The molecule has 0 saturated heterocycles. The number of rotatable bonds is 10. The first-order chi connectivity index (χ1) is 11.9. The molecule has 0 aliphatic carbocycles. The lowest BCUT2D eigenvalue weighted by Gasteiger charge is -2.15. The van der Waals surface area contributed by atoms with Gasteiger partial charge >= 0.3 is 0 Å². The SMILES string of the molecule is CCOCC.COc1cc(NS(=O)(=O)CCCCl)cc(OC)c1OC. The topological polar surface area (TPSA) is 83.1 Å². The highest BCUT2D eigenvalue weighted by molar-refractivity contribution is 7.92. The maximum atomic E-state index is 11.8. The van der Waals surface area contributed by atoms with Gasteiger partial charge in [0.2, 0.25) is 15.8 Å². The van der Waals surface area contributed by atoms with Crippen LogP contribution in [0.4, 0.5) is 5.69 Å². The van der Waals surface area contributed by atoms with Gasteiger partial charge in [-0.05, 0) is 20.3 Å². The minimum absolute atomic E-state index is 0.0485. The number of sulfonamides is 1. The highest BCUT2D eigenvalue weighted by Gasteiger charge is 2.16. The first kappa shape index (κ1) is 23.6. The molecule has 1 rings (SSSR count). The van der Waals surface area contributed by atoms with Crippen molar-refractivity contribution >= 4 is 27.3 Å². The van der Waals surface area contributed by atoms with Gasteiger partial charge in [-0.25, -0.2) is 8.42 Å². The first-order valence-electron chi connectivity index (χ1n) is 7.83. The average molecular weight is 398 g/mol. The predicted octanol–water partition coefficient (Wildman–Crippen LogP) is 3.13. The Balaban J connectivity index is 0.00000101. The van der Waals surface area contributed by atoms with Crippen molar-refractivity contribution in [1.29, 1.82) is 0 Å². The highest BCUT2D eigenvalue weighted by Crippen LogP contribution is 2.40. The molecule has 0 aromatic heterocycles. The number of alkyl halides is 1. The molecule has 146 valence electrons. The summed E-state index contributed by atoms with van der Waals surface area (Å²) in [4.78, 5) is 0. The first-order valence-corrected chi connectivity index (χ1v) is 10.0. The van der Waals surface area contributed by atoms with Crippen molar-refractivity contribution in [2.75, 3.05) is 50.9 Å². The van der Waals surface area contributed by atoms with Crippen LogP contribution < -0.4 is 18.9 Å². The fourth-order valence-corrected chi connectivity index (χ4v) is 3.21. The van der Waals surface area contributed by atoms with E-state index in [4.69, 9.17) is 30.5 Å². The molecule has 1 aromatic rings. The maximum absolute atomic E-state index is 11.8. The standard InChI is InChI=1S/C12H18ClNO5S.C4H10O/c1-17-10-7-9(8-11(18-2)12(10)19-3)14-20(15,16)6-4-5-13;1-3-5-4-2/h7-8,14H,4-6H2,1-3H3;3-4H2,1-2H3. The summed E-state index contributed by atoms with van der Waals surface area (Å²) in [7, 11) is 0.947. The zero-order valence-electron chi connectivity index (χ0n) is 15.4. The summed E-state index contributed by atoms with van der Waals surface area (Å²) in [5, 5.41) is 0. The summed E-state index contributed by atoms with van der Waals surface area (Å²) in [6, 6.07) is 3.05. The maximum Gasteiger partial charge on any atom is 0.232 e. The summed E-state index contributed by atoms with van der Waals surface area (Å²) in [6.45, 7) is 5.67. The molecule has 1 N–H and O–H groups in total. The smallest absolute Gasteiger partial charge is 0.232 e. The molecule has 0 heterocycles. The van der Waals surface area contributed by atoms with Crippen molar-refractivity contribution in [2.45, 2.75) is 20.3 Å². The van der Waals surface area contributed by atoms with Crippen LogP contribution >= 0.6 is 11.6 Å². The molecule has 1 aromatic carbocycles. The van der Waals surface area contributed by atoms with Crippen LogP contribution in [0.3, 0.4) is 0 Å². The van der Waals surface area contributed by atoms with Crippen LogP contribution in [-0.4, -0.2) is 54.6 Å². The summed E-state index contributed by atoms with van der Waals surface area (Å²) < 4.78 is 46.4. The molecule has 0 radical (unpaired) electrons. The van der Waals surface area contributed by atoms with Crippen LogP contribution in [0.1, 0.15) is 20.3 Å². The predicted molar refractivity (Wildman–Crippen MR) is 101 cm³/mol. The van der Waals surface area contributed by atoms with E-state index in [1.807, 2.05) is 13.8 Å². The summed E-state index contributed by atoms with van der Waals surface area (Å²) in [5.74, 6) is 1.39. The van der Waals surface area contributed by atoms with Gasteiger partial charge in [0.1, 0.15) is 0 Å². The molecular weight excluding hydrogens is 370 g/mol. The molecule has 0 fully saturated rings. The molecule has 0 saturated carbocycles. The van der Waals surface area contributed by atoms with Gasteiger partial charge in [0.25, 0.3) is 0 Å². The van der Waals surface area contributed by atoms with E-state index in [1.54, 1.807) is 0 Å². The van der Waals surface area contributed by atoms with Gasteiger partial charge in [-0.2, -0.15) is 0 Å². The Kier molecular flexibility index (Phi) is 12.2. The Morgan fingerprint density at radius 1 is 1.00 bits per heavy atom. The summed E-state index contributed by atoms with van der Waals surface area (Å²) >= 11 is 5.50. The molecule has 25 heavy (non-hydrogen) atoms. The van der Waals surface area contributed by atoms with E-state index in [2.05, 4.69) is 4.72 Å².